The van der Waals surface area contributed by atoms with Gasteiger partial charge in [0.1, 0.15) is 12.1 Å². The van der Waals surface area contributed by atoms with Crippen LogP contribution in [0.2, 0.25) is 0 Å². The Labute approximate surface area is 111 Å². The van der Waals surface area contributed by atoms with Crippen molar-refractivity contribution in [3.63, 3.8) is 0 Å². The summed E-state index contributed by atoms with van der Waals surface area (Å²) in [4.78, 5) is 10.7. The van der Waals surface area contributed by atoms with Gasteiger partial charge in [0.15, 0.2) is 0 Å². The van der Waals surface area contributed by atoms with Crippen LogP contribution < -0.4 is 10.2 Å². The lowest BCUT2D eigenvalue weighted by atomic mass is 10.0. The molecule has 5 heteroatoms. The molecule has 0 radical (unpaired) electrons. The van der Waals surface area contributed by atoms with Gasteiger partial charge < -0.3 is 10.2 Å². The maximum absolute atomic E-state index is 4.36. The zero-order valence-corrected chi connectivity index (χ0v) is 11.8. The maximum Gasteiger partial charge on any atom is 0.146 e. The van der Waals surface area contributed by atoms with E-state index in [-0.39, 0.29) is 0 Å². The molecule has 1 atom stereocenters. The number of hydrogen-bond donors (Lipinski definition) is 1. The summed E-state index contributed by atoms with van der Waals surface area (Å²) in [6.45, 7) is 5.30. The van der Waals surface area contributed by atoms with Crippen LogP contribution in [-0.4, -0.2) is 35.6 Å². The smallest absolute Gasteiger partial charge is 0.146 e. The Morgan fingerprint density at radius 1 is 1.53 bits per heavy atom. The number of piperidine rings is 1. The first kappa shape index (κ1) is 12.8. The summed E-state index contributed by atoms with van der Waals surface area (Å²) < 4.78 is 0.970. The SMILES string of the molecule is CCN(CC1CCCCN1)c1ncncc1Br. The molecule has 0 aromatic carbocycles. The third kappa shape index (κ3) is 3.39. The number of nitrogens with zero attached hydrogens (tertiary/aromatic N) is 3. The average molecular weight is 299 g/mol. The molecular weight excluding hydrogens is 280 g/mol. The highest BCUT2D eigenvalue weighted by atomic mass is 79.9. The van der Waals surface area contributed by atoms with Crippen LogP contribution in [0.15, 0.2) is 17.0 Å². The molecule has 0 amide bonds. The zero-order chi connectivity index (χ0) is 12.1. The summed E-state index contributed by atoms with van der Waals surface area (Å²) in [6, 6.07) is 0.588. The molecule has 1 saturated heterocycles. The van der Waals surface area contributed by atoms with Crippen molar-refractivity contribution in [3.8, 4) is 0 Å². The minimum Gasteiger partial charge on any atom is -0.354 e. The summed E-state index contributed by atoms with van der Waals surface area (Å²) in [5.74, 6) is 0.995. The molecule has 1 N–H and O–H groups in total. The molecular formula is C12H19BrN4. The summed E-state index contributed by atoms with van der Waals surface area (Å²) in [7, 11) is 0. The predicted molar refractivity (Wildman–Crippen MR) is 73.3 cm³/mol. The Kier molecular flexibility index (Phi) is 4.74. The molecule has 17 heavy (non-hydrogen) atoms. The van der Waals surface area contributed by atoms with E-state index in [0.717, 1.165) is 29.9 Å². The first-order chi connectivity index (χ1) is 8.31. The molecule has 2 heterocycles. The number of halogens is 1. The van der Waals surface area contributed by atoms with E-state index in [9.17, 15) is 0 Å². The molecule has 0 aliphatic carbocycles. The lowest BCUT2D eigenvalue weighted by Gasteiger charge is -2.30. The van der Waals surface area contributed by atoms with Gasteiger partial charge in [-0.2, -0.15) is 0 Å². The topological polar surface area (TPSA) is 41.0 Å². The Hall–Kier alpha value is -0.680. The largest absolute Gasteiger partial charge is 0.354 e. The molecule has 0 saturated carbocycles. The van der Waals surface area contributed by atoms with Gasteiger partial charge >= 0.3 is 0 Å². The van der Waals surface area contributed by atoms with Gasteiger partial charge in [-0.25, -0.2) is 9.97 Å². The van der Waals surface area contributed by atoms with Crippen LogP contribution in [0.25, 0.3) is 0 Å². The first-order valence-corrected chi connectivity index (χ1v) is 7.04. The molecule has 2 rings (SSSR count). The third-order valence-corrected chi connectivity index (χ3v) is 3.74. The normalized spacial score (nSPS) is 20.2. The van der Waals surface area contributed by atoms with Crippen LogP contribution in [0.5, 0.6) is 0 Å². The van der Waals surface area contributed by atoms with Crippen molar-refractivity contribution in [3.05, 3.63) is 17.0 Å². The lowest BCUT2D eigenvalue weighted by Crippen LogP contribution is -2.44. The van der Waals surface area contributed by atoms with Crippen molar-refractivity contribution in [1.82, 2.24) is 15.3 Å². The fourth-order valence-electron chi connectivity index (χ4n) is 2.25. The number of aromatic nitrogens is 2. The van der Waals surface area contributed by atoms with Gasteiger partial charge in [0.25, 0.3) is 0 Å². The van der Waals surface area contributed by atoms with Gasteiger partial charge in [0.05, 0.1) is 4.47 Å². The quantitative estimate of drug-likeness (QED) is 0.925. The van der Waals surface area contributed by atoms with E-state index in [1.54, 1.807) is 12.5 Å². The van der Waals surface area contributed by atoms with Gasteiger partial charge in [-0.3, -0.25) is 0 Å². The molecule has 0 bridgehead atoms. The molecule has 94 valence electrons. The maximum atomic E-state index is 4.36. The van der Waals surface area contributed by atoms with Crippen molar-refractivity contribution in [2.45, 2.75) is 32.2 Å². The molecule has 0 spiro atoms. The highest BCUT2D eigenvalue weighted by Gasteiger charge is 2.18. The number of hydrogen-bond acceptors (Lipinski definition) is 4. The molecule has 1 fully saturated rings. The molecule has 1 aliphatic heterocycles. The molecule has 1 aliphatic rings. The minimum absolute atomic E-state index is 0.588. The van der Waals surface area contributed by atoms with Crippen molar-refractivity contribution < 1.29 is 0 Å². The molecule has 1 aromatic heterocycles. The average Bonchev–Trinajstić information content (AvgIpc) is 2.38. The van der Waals surface area contributed by atoms with Gasteiger partial charge in [-0.05, 0) is 42.2 Å². The number of likely N-dealkylation sites (N-methyl/N-ethyl adjacent to an activating group) is 1. The van der Waals surface area contributed by atoms with Crippen LogP contribution in [0, 0.1) is 0 Å². The standard InChI is InChI=1S/C12H19BrN4/c1-2-17(8-10-5-3-4-6-15-10)12-11(13)7-14-9-16-12/h7,9-10,15H,2-6,8H2,1H3. The second-order valence-corrected chi connectivity index (χ2v) is 5.23. The van der Waals surface area contributed by atoms with Crippen LogP contribution in [-0.2, 0) is 0 Å². The van der Waals surface area contributed by atoms with Gasteiger partial charge in [-0.1, -0.05) is 6.42 Å². The fraction of sp³-hybridized carbons (Fsp3) is 0.667. The Morgan fingerprint density at radius 3 is 3.06 bits per heavy atom. The third-order valence-electron chi connectivity index (χ3n) is 3.18. The zero-order valence-electron chi connectivity index (χ0n) is 10.2. The van der Waals surface area contributed by atoms with E-state index in [1.165, 1.54) is 19.3 Å². The van der Waals surface area contributed by atoms with Gasteiger partial charge in [0.2, 0.25) is 0 Å². The predicted octanol–water partition coefficient (Wildman–Crippen LogP) is 2.21. The van der Waals surface area contributed by atoms with E-state index in [1.807, 2.05) is 0 Å². The summed E-state index contributed by atoms with van der Waals surface area (Å²) >= 11 is 3.52. The van der Waals surface area contributed by atoms with Gasteiger partial charge in [-0.15, -0.1) is 0 Å². The van der Waals surface area contributed by atoms with Crippen molar-refractivity contribution in [1.29, 1.82) is 0 Å². The second-order valence-electron chi connectivity index (χ2n) is 4.38. The van der Waals surface area contributed by atoms with E-state index < -0.39 is 0 Å². The Bertz CT molecular complexity index is 352. The Balaban J connectivity index is 2.03. The van der Waals surface area contributed by atoms with Gasteiger partial charge in [0, 0.05) is 25.3 Å². The Morgan fingerprint density at radius 2 is 2.41 bits per heavy atom. The van der Waals surface area contributed by atoms with Crippen molar-refractivity contribution in [2.24, 2.45) is 0 Å². The number of nitrogens with one attached hydrogen (secondary N) is 1. The second kappa shape index (κ2) is 6.31. The van der Waals surface area contributed by atoms with E-state index in [0.29, 0.717) is 6.04 Å². The number of rotatable bonds is 4. The first-order valence-electron chi connectivity index (χ1n) is 6.25. The van der Waals surface area contributed by atoms with Crippen LogP contribution in [0.1, 0.15) is 26.2 Å². The highest BCUT2D eigenvalue weighted by molar-refractivity contribution is 9.10. The summed E-state index contributed by atoms with van der Waals surface area (Å²) in [5, 5.41) is 3.57. The van der Waals surface area contributed by atoms with E-state index in [2.05, 4.69) is 43.0 Å². The van der Waals surface area contributed by atoms with Crippen LogP contribution in [0.4, 0.5) is 5.82 Å². The fourth-order valence-corrected chi connectivity index (χ4v) is 2.72. The van der Waals surface area contributed by atoms with Crippen LogP contribution >= 0.6 is 15.9 Å². The minimum atomic E-state index is 0.588. The lowest BCUT2D eigenvalue weighted by molar-refractivity contribution is 0.399. The van der Waals surface area contributed by atoms with Crippen LogP contribution in [0.3, 0.4) is 0 Å². The molecule has 1 unspecified atom stereocenters. The number of anilines is 1. The summed E-state index contributed by atoms with van der Waals surface area (Å²) in [6.07, 6.45) is 7.32. The monoisotopic (exact) mass is 298 g/mol. The van der Waals surface area contributed by atoms with Crippen molar-refractivity contribution >= 4 is 21.7 Å². The highest BCUT2D eigenvalue weighted by Crippen LogP contribution is 2.22. The summed E-state index contributed by atoms with van der Waals surface area (Å²) in [5.41, 5.74) is 0. The molecule has 1 aromatic rings. The van der Waals surface area contributed by atoms with E-state index in [4.69, 9.17) is 0 Å². The van der Waals surface area contributed by atoms with E-state index >= 15 is 0 Å². The molecule has 4 nitrogen and oxygen atoms in total. The van der Waals surface area contributed by atoms with Crippen molar-refractivity contribution in [2.75, 3.05) is 24.5 Å².